The van der Waals surface area contributed by atoms with Gasteiger partial charge in [0.15, 0.2) is 0 Å². The fourth-order valence-corrected chi connectivity index (χ4v) is 6.60. The second-order valence-electron chi connectivity index (χ2n) is 17.0. The van der Waals surface area contributed by atoms with Crippen LogP contribution in [0.4, 0.5) is 15.3 Å². The number of benzene rings is 3. The first-order valence-corrected chi connectivity index (χ1v) is 19.4. The highest BCUT2D eigenvalue weighted by Gasteiger charge is 2.32. The molecule has 3 aromatic rings. The molecule has 13 nitrogen and oxygen atoms in total. The van der Waals surface area contributed by atoms with Gasteiger partial charge >= 0.3 is 18.2 Å². The van der Waals surface area contributed by atoms with Crippen LogP contribution in [0, 0.1) is 11.8 Å². The lowest BCUT2D eigenvalue weighted by molar-refractivity contribution is -0.159. The molecule has 13 heteroatoms. The number of carbonyl (C=O) groups is 5. The number of anilines is 1. The summed E-state index contributed by atoms with van der Waals surface area (Å²) in [4.78, 5) is 65.4. The number of esters is 1. The molecule has 57 heavy (non-hydrogen) atoms. The number of phenols is 1. The van der Waals surface area contributed by atoms with E-state index in [1.165, 1.54) is 13.0 Å². The van der Waals surface area contributed by atoms with Crippen molar-refractivity contribution in [1.82, 2.24) is 16.0 Å². The van der Waals surface area contributed by atoms with Gasteiger partial charge in [0, 0.05) is 12.0 Å². The molecule has 0 heterocycles. The highest BCUT2D eigenvalue weighted by Crippen LogP contribution is 2.44. The van der Waals surface area contributed by atoms with Gasteiger partial charge in [-0.15, -0.1) is 0 Å². The zero-order chi connectivity index (χ0) is 42.2. The number of phenolic OH excluding ortho intramolecular Hbond substituents is 1. The number of ether oxygens (including phenoxy) is 3. The Balaban J connectivity index is 1.38. The summed E-state index contributed by atoms with van der Waals surface area (Å²) in [6.07, 6.45) is -0.974. The predicted octanol–water partition coefficient (Wildman–Crippen LogP) is 7.20. The van der Waals surface area contributed by atoms with Gasteiger partial charge in [-0.2, -0.15) is 0 Å². The van der Waals surface area contributed by atoms with Crippen LogP contribution in [0.3, 0.4) is 0 Å². The molecule has 308 valence electrons. The molecular formula is C44H58N4O9. The highest BCUT2D eigenvalue weighted by molar-refractivity contribution is 5.99. The summed E-state index contributed by atoms with van der Waals surface area (Å²) in [6.45, 7) is 17.4. The van der Waals surface area contributed by atoms with Gasteiger partial charge in [-0.05, 0) is 107 Å². The van der Waals surface area contributed by atoms with E-state index in [2.05, 4.69) is 21.3 Å². The first kappa shape index (κ1) is 44.1. The van der Waals surface area contributed by atoms with E-state index in [0.717, 1.165) is 22.3 Å². The Morgan fingerprint density at radius 2 is 1.30 bits per heavy atom. The molecule has 4 amide bonds. The second kappa shape index (κ2) is 18.6. The Morgan fingerprint density at radius 1 is 0.719 bits per heavy atom. The molecule has 0 bridgehead atoms. The number of hydrogen-bond acceptors (Lipinski definition) is 9. The average Bonchev–Trinajstić information content (AvgIpc) is 3.42. The number of carbonyl (C=O) groups excluding carboxylic acids is 5. The van der Waals surface area contributed by atoms with Crippen LogP contribution in [0.2, 0.25) is 0 Å². The number of amides is 4. The molecule has 5 N–H and O–H groups in total. The molecular weight excluding hydrogens is 729 g/mol. The van der Waals surface area contributed by atoms with E-state index in [-0.39, 0.29) is 42.7 Å². The fraction of sp³-hybridized carbons (Fsp3) is 0.477. The largest absolute Gasteiger partial charge is 0.506 e. The molecule has 3 aromatic carbocycles. The van der Waals surface area contributed by atoms with Crippen LogP contribution >= 0.6 is 0 Å². The van der Waals surface area contributed by atoms with Crippen LogP contribution in [0.15, 0.2) is 66.7 Å². The molecule has 0 spiro atoms. The topological polar surface area (TPSA) is 181 Å². The van der Waals surface area contributed by atoms with Crippen LogP contribution < -0.4 is 21.3 Å². The van der Waals surface area contributed by atoms with Gasteiger partial charge in [0.25, 0.3) is 0 Å². The fourth-order valence-electron chi connectivity index (χ4n) is 6.60. The first-order valence-electron chi connectivity index (χ1n) is 19.4. The number of fused-ring (bicyclic) bond motifs is 3. The summed E-state index contributed by atoms with van der Waals surface area (Å²) >= 11 is 0. The highest BCUT2D eigenvalue weighted by atomic mass is 16.6. The van der Waals surface area contributed by atoms with Gasteiger partial charge in [0.2, 0.25) is 11.8 Å². The van der Waals surface area contributed by atoms with Crippen molar-refractivity contribution in [2.75, 3.05) is 11.9 Å². The van der Waals surface area contributed by atoms with Crippen LogP contribution in [0.25, 0.3) is 11.1 Å². The molecule has 0 fully saturated rings. The third-order valence-corrected chi connectivity index (χ3v) is 9.29. The molecule has 0 saturated heterocycles. The molecule has 0 unspecified atom stereocenters. The van der Waals surface area contributed by atoms with Crippen molar-refractivity contribution in [2.45, 2.75) is 117 Å². The van der Waals surface area contributed by atoms with Crippen molar-refractivity contribution in [3.63, 3.8) is 0 Å². The lowest BCUT2D eigenvalue weighted by atomic mass is 9.95. The monoisotopic (exact) mass is 786 g/mol. The normalized spacial score (nSPS) is 14.6. The molecule has 0 aromatic heterocycles. The molecule has 0 radical (unpaired) electrons. The van der Waals surface area contributed by atoms with E-state index >= 15 is 0 Å². The Morgan fingerprint density at radius 3 is 1.86 bits per heavy atom. The SMILES string of the molecule is CC(C)[C@H](NC(=O)OCC1c2ccccc2-c2ccccc21)C(=O)N[C@@H](C)C(=O)Nc1cc(C[C@@H](C[C@H](C)C(=O)OC(C)(C)C)NC(=O)OC(C)(C)C)ccc1O. The summed E-state index contributed by atoms with van der Waals surface area (Å²) in [6, 6.07) is 17.9. The minimum absolute atomic E-state index is 0.0759. The maximum Gasteiger partial charge on any atom is 0.407 e. The van der Waals surface area contributed by atoms with Crippen molar-refractivity contribution in [1.29, 1.82) is 0 Å². The lowest BCUT2D eigenvalue weighted by Crippen LogP contribution is -2.53. The summed E-state index contributed by atoms with van der Waals surface area (Å²) in [5.74, 6) is -2.92. The molecule has 4 rings (SSSR count). The van der Waals surface area contributed by atoms with E-state index < -0.39 is 65.2 Å². The standard InChI is InChI=1S/C44H58N4O9/c1-25(2)37(48-41(53)55-24-34-32-17-13-11-15-30(32)31-16-12-14-18-33(31)34)39(51)45-27(4)38(50)47-35-23-28(19-20-36(35)49)22-29(46-42(54)57-44(8,9)10)21-26(3)40(52)56-43(5,6)7/h11-20,23,25-27,29,34,37,49H,21-22,24H2,1-10H3,(H,45,51)(H,46,54)(H,47,50)(H,48,53)/t26-,27-,29+,37-/m0/s1. The van der Waals surface area contributed by atoms with Crippen molar-refractivity contribution in [3.05, 3.63) is 83.4 Å². The zero-order valence-electron chi connectivity index (χ0n) is 34.6. The van der Waals surface area contributed by atoms with E-state index in [0.29, 0.717) is 5.56 Å². The lowest BCUT2D eigenvalue weighted by Gasteiger charge is -2.27. The molecule has 1 aliphatic carbocycles. The van der Waals surface area contributed by atoms with Crippen LogP contribution in [-0.4, -0.2) is 71.0 Å². The van der Waals surface area contributed by atoms with Crippen molar-refractivity contribution in [3.8, 4) is 16.9 Å². The second-order valence-corrected chi connectivity index (χ2v) is 17.0. The van der Waals surface area contributed by atoms with Gasteiger partial charge in [-0.1, -0.05) is 75.4 Å². The third-order valence-electron chi connectivity index (χ3n) is 9.29. The van der Waals surface area contributed by atoms with Crippen molar-refractivity contribution < 1.29 is 43.3 Å². The summed E-state index contributed by atoms with van der Waals surface area (Å²) in [7, 11) is 0. The maximum atomic E-state index is 13.4. The Hall–Kier alpha value is -5.59. The predicted molar refractivity (Wildman–Crippen MR) is 218 cm³/mol. The summed E-state index contributed by atoms with van der Waals surface area (Å²) in [5.41, 5.74) is 3.58. The smallest absolute Gasteiger partial charge is 0.407 e. The van der Waals surface area contributed by atoms with E-state index in [9.17, 15) is 29.1 Å². The van der Waals surface area contributed by atoms with E-state index in [4.69, 9.17) is 14.2 Å². The number of hydrogen-bond donors (Lipinski definition) is 5. The third kappa shape index (κ3) is 12.7. The average molecular weight is 787 g/mol. The number of aromatic hydroxyl groups is 1. The summed E-state index contributed by atoms with van der Waals surface area (Å²) in [5, 5.41) is 21.5. The first-order chi connectivity index (χ1) is 26.6. The number of nitrogens with one attached hydrogen (secondary N) is 4. The van der Waals surface area contributed by atoms with Crippen LogP contribution in [-0.2, 0) is 35.0 Å². The van der Waals surface area contributed by atoms with Crippen LogP contribution in [0.1, 0.15) is 98.3 Å². The minimum Gasteiger partial charge on any atom is -0.506 e. The van der Waals surface area contributed by atoms with Gasteiger partial charge < -0.3 is 40.6 Å². The molecule has 0 aliphatic heterocycles. The number of rotatable bonds is 14. The minimum atomic E-state index is -1.07. The van der Waals surface area contributed by atoms with E-state index in [1.54, 1.807) is 74.4 Å². The zero-order valence-corrected chi connectivity index (χ0v) is 34.6. The molecule has 0 saturated carbocycles. The molecule has 1 aliphatic rings. The summed E-state index contributed by atoms with van der Waals surface area (Å²) < 4.78 is 16.7. The number of alkyl carbamates (subject to hydrolysis) is 2. The Labute approximate surface area is 335 Å². The van der Waals surface area contributed by atoms with Crippen molar-refractivity contribution in [2.24, 2.45) is 11.8 Å². The van der Waals surface area contributed by atoms with Crippen molar-refractivity contribution >= 4 is 35.7 Å². The van der Waals surface area contributed by atoms with Gasteiger partial charge in [-0.25, -0.2) is 9.59 Å². The van der Waals surface area contributed by atoms with Gasteiger partial charge in [0.1, 0.15) is 35.6 Å². The van der Waals surface area contributed by atoms with E-state index in [1.807, 2.05) is 48.5 Å². The van der Waals surface area contributed by atoms with Gasteiger partial charge in [-0.3, -0.25) is 14.4 Å². The Kier molecular flexibility index (Phi) is 14.4. The van der Waals surface area contributed by atoms with Crippen LogP contribution in [0.5, 0.6) is 5.75 Å². The maximum absolute atomic E-state index is 13.4. The molecule has 4 atom stereocenters. The Bertz CT molecular complexity index is 1890. The van der Waals surface area contributed by atoms with Gasteiger partial charge in [0.05, 0.1) is 11.6 Å². The quantitative estimate of drug-likeness (QED) is 0.0641.